The molecule has 2 aromatic rings. The van der Waals surface area contributed by atoms with Gasteiger partial charge in [-0.3, -0.25) is 0 Å². The first-order valence-electron chi connectivity index (χ1n) is 6.07. The molecule has 0 radical (unpaired) electrons. The monoisotopic (exact) mass is 245 g/mol. The fourth-order valence-corrected chi connectivity index (χ4v) is 2.12. The number of benzene rings is 1. The maximum absolute atomic E-state index is 4.33. The zero-order valence-corrected chi connectivity index (χ0v) is 11.3. The van der Waals surface area contributed by atoms with Crippen molar-refractivity contribution in [2.45, 2.75) is 19.8 Å². The molecule has 0 spiro atoms. The summed E-state index contributed by atoms with van der Waals surface area (Å²) in [6, 6.07) is 6.47. The van der Waals surface area contributed by atoms with E-state index in [2.05, 4.69) is 52.8 Å². The smallest absolute Gasteiger partial charge is 0.183 e. The summed E-state index contributed by atoms with van der Waals surface area (Å²) in [5, 5.41) is 15.6. The zero-order valence-electron chi connectivity index (χ0n) is 11.3. The molecular formula is C13H19N5. The Kier molecular flexibility index (Phi) is 3.72. The second-order valence-electron chi connectivity index (χ2n) is 4.61. The van der Waals surface area contributed by atoms with E-state index < -0.39 is 0 Å². The molecule has 0 fully saturated rings. The van der Waals surface area contributed by atoms with Gasteiger partial charge >= 0.3 is 0 Å². The van der Waals surface area contributed by atoms with Crippen LogP contribution in [0.2, 0.25) is 0 Å². The van der Waals surface area contributed by atoms with Crippen molar-refractivity contribution >= 4 is 0 Å². The average Bonchev–Trinajstić information content (AvgIpc) is 2.76. The van der Waals surface area contributed by atoms with Crippen LogP contribution in [0.3, 0.4) is 0 Å². The molecule has 18 heavy (non-hydrogen) atoms. The van der Waals surface area contributed by atoms with E-state index in [0.29, 0.717) is 0 Å². The number of rotatable bonds is 4. The summed E-state index contributed by atoms with van der Waals surface area (Å²) in [6.07, 6.45) is 0. The molecule has 96 valence electrons. The molecule has 5 heteroatoms. The van der Waals surface area contributed by atoms with Crippen molar-refractivity contribution in [3.05, 3.63) is 40.7 Å². The lowest BCUT2D eigenvalue weighted by atomic mass is 9.92. The van der Waals surface area contributed by atoms with Gasteiger partial charge in [0.2, 0.25) is 0 Å². The van der Waals surface area contributed by atoms with Gasteiger partial charge in [0.25, 0.3) is 0 Å². The molecule has 5 nitrogen and oxygen atoms in total. The van der Waals surface area contributed by atoms with Gasteiger partial charge in [0.1, 0.15) is 0 Å². The molecule has 0 saturated carbocycles. The minimum absolute atomic E-state index is 0.142. The van der Waals surface area contributed by atoms with Crippen LogP contribution in [0.1, 0.15) is 28.4 Å². The molecular weight excluding hydrogens is 226 g/mol. The number of hydrogen-bond donors (Lipinski definition) is 1. The lowest BCUT2D eigenvalue weighted by Gasteiger charge is -2.16. The first kappa shape index (κ1) is 12.7. The van der Waals surface area contributed by atoms with Gasteiger partial charge in [-0.2, -0.15) is 4.80 Å². The van der Waals surface area contributed by atoms with E-state index >= 15 is 0 Å². The molecule has 1 aromatic heterocycles. The van der Waals surface area contributed by atoms with Crippen LogP contribution in [0.25, 0.3) is 0 Å². The molecule has 0 aliphatic rings. The Bertz CT molecular complexity index is 532. The normalized spacial score (nSPS) is 12.7. The van der Waals surface area contributed by atoms with Gasteiger partial charge in [0, 0.05) is 6.54 Å². The summed E-state index contributed by atoms with van der Waals surface area (Å²) in [7, 11) is 3.73. The number of tetrazole rings is 1. The van der Waals surface area contributed by atoms with Crippen LogP contribution < -0.4 is 5.32 Å². The summed E-state index contributed by atoms with van der Waals surface area (Å²) < 4.78 is 0. The van der Waals surface area contributed by atoms with Crippen LogP contribution >= 0.6 is 0 Å². The number of likely N-dealkylation sites (N-methyl/N-ethyl adjacent to an activating group) is 1. The predicted octanol–water partition coefficient (Wildman–Crippen LogP) is 1.18. The maximum Gasteiger partial charge on any atom is 0.183 e. The lowest BCUT2D eigenvalue weighted by molar-refractivity contribution is 0.619. The highest BCUT2D eigenvalue weighted by Gasteiger charge is 2.20. The number of nitrogens with one attached hydrogen (secondary N) is 1. The molecule has 1 atom stereocenters. The van der Waals surface area contributed by atoms with Gasteiger partial charge in [-0.25, -0.2) is 0 Å². The Morgan fingerprint density at radius 3 is 2.72 bits per heavy atom. The number of aryl methyl sites for hydroxylation is 3. The molecule has 1 heterocycles. The van der Waals surface area contributed by atoms with Crippen molar-refractivity contribution in [1.82, 2.24) is 25.5 Å². The molecule has 1 aromatic carbocycles. The third kappa shape index (κ3) is 2.56. The van der Waals surface area contributed by atoms with E-state index in [-0.39, 0.29) is 5.92 Å². The molecule has 0 amide bonds. The van der Waals surface area contributed by atoms with Crippen LogP contribution in [0.4, 0.5) is 0 Å². The highest BCUT2D eigenvalue weighted by Crippen LogP contribution is 2.24. The summed E-state index contributed by atoms with van der Waals surface area (Å²) in [5.74, 6) is 0.907. The van der Waals surface area contributed by atoms with E-state index in [0.717, 1.165) is 12.4 Å². The number of aromatic nitrogens is 4. The molecule has 0 bridgehead atoms. The lowest BCUT2D eigenvalue weighted by Crippen LogP contribution is -2.20. The van der Waals surface area contributed by atoms with Crippen molar-refractivity contribution in [1.29, 1.82) is 0 Å². The van der Waals surface area contributed by atoms with E-state index in [9.17, 15) is 0 Å². The van der Waals surface area contributed by atoms with Crippen molar-refractivity contribution in [3.8, 4) is 0 Å². The number of hydrogen-bond acceptors (Lipinski definition) is 4. The van der Waals surface area contributed by atoms with E-state index in [4.69, 9.17) is 0 Å². The van der Waals surface area contributed by atoms with Crippen LogP contribution in [0.5, 0.6) is 0 Å². The standard InChI is InChI=1S/C13H19N5/c1-9-5-6-10(2)11(7-9)12(8-14-3)13-15-17-18(4)16-13/h5-7,12,14H,8H2,1-4H3. The molecule has 2 rings (SSSR count). The second kappa shape index (κ2) is 5.27. The van der Waals surface area contributed by atoms with Crippen molar-refractivity contribution in [3.63, 3.8) is 0 Å². The Morgan fingerprint density at radius 1 is 1.33 bits per heavy atom. The van der Waals surface area contributed by atoms with Crippen LogP contribution in [0.15, 0.2) is 18.2 Å². The van der Waals surface area contributed by atoms with Gasteiger partial charge in [-0.05, 0) is 37.2 Å². The molecule has 0 aliphatic carbocycles. The van der Waals surface area contributed by atoms with Crippen LogP contribution in [-0.2, 0) is 7.05 Å². The van der Waals surface area contributed by atoms with Gasteiger partial charge in [0.05, 0.1) is 13.0 Å². The first-order chi connectivity index (χ1) is 8.61. The minimum Gasteiger partial charge on any atom is -0.319 e. The van der Waals surface area contributed by atoms with Gasteiger partial charge in [-0.1, -0.05) is 23.8 Å². The van der Waals surface area contributed by atoms with E-state index in [1.807, 2.05) is 7.05 Å². The quantitative estimate of drug-likeness (QED) is 0.878. The maximum atomic E-state index is 4.33. The van der Waals surface area contributed by atoms with Crippen LogP contribution in [-0.4, -0.2) is 33.8 Å². The van der Waals surface area contributed by atoms with Crippen molar-refractivity contribution < 1.29 is 0 Å². The van der Waals surface area contributed by atoms with E-state index in [1.165, 1.54) is 21.5 Å². The largest absolute Gasteiger partial charge is 0.319 e. The van der Waals surface area contributed by atoms with Crippen LogP contribution in [0, 0.1) is 13.8 Å². The Morgan fingerprint density at radius 2 is 2.11 bits per heavy atom. The fraction of sp³-hybridized carbons (Fsp3) is 0.462. The SMILES string of the molecule is CNCC(c1nnn(C)n1)c1cc(C)ccc1C. The molecule has 1 unspecified atom stereocenters. The zero-order chi connectivity index (χ0) is 13.1. The Hall–Kier alpha value is -1.75. The fourth-order valence-electron chi connectivity index (χ4n) is 2.12. The average molecular weight is 245 g/mol. The Balaban J connectivity index is 2.44. The van der Waals surface area contributed by atoms with Crippen molar-refractivity contribution in [2.75, 3.05) is 13.6 Å². The summed E-state index contributed by atoms with van der Waals surface area (Å²) in [5.41, 5.74) is 3.77. The second-order valence-corrected chi connectivity index (χ2v) is 4.61. The third-order valence-corrected chi connectivity index (χ3v) is 3.05. The Labute approximate surface area is 107 Å². The van der Waals surface area contributed by atoms with Crippen molar-refractivity contribution in [2.24, 2.45) is 7.05 Å². The number of nitrogens with zero attached hydrogens (tertiary/aromatic N) is 4. The van der Waals surface area contributed by atoms with E-state index in [1.54, 1.807) is 7.05 Å². The molecule has 0 aliphatic heterocycles. The predicted molar refractivity (Wildman–Crippen MR) is 70.5 cm³/mol. The summed E-state index contributed by atoms with van der Waals surface area (Å²) in [4.78, 5) is 1.50. The summed E-state index contributed by atoms with van der Waals surface area (Å²) >= 11 is 0. The molecule has 1 N–H and O–H groups in total. The minimum atomic E-state index is 0.142. The third-order valence-electron chi connectivity index (χ3n) is 3.05. The highest BCUT2D eigenvalue weighted by molar-refractivity contribution is 5.36. The van der Waals surface area contributed by atoms with Gasteiger partial charge < -0.3 is 5.32 Å². The van der Waals surface area contributed by atoms with Gasteiger partial charge in [-0.15, -0.1) is 10.2 Å². The molecule has 0 saturated heterocycles. The topological polar surface area (TPSA) is 55.6 Å². The van der Waals surface area contributed by atoms with Gasteiger partial charge in [0.15, 0.2) is 5.82 Å². The first-order valence-corrected chi connectivity index (χ1v) is 6.07. The highest BCUT2D eigenvalue weighted by atomic mass is 15.6. The summed E-state index contributed by atoms with van der Waals surface area (Å²) in [6.45, 7) is 5.02.